The number of hydrogen-bond donors (Lipinski definition) is 3. The number of amides is 3. The van der Waals surface area contributed by atoms with Crippen molar-refractivity contribution in [2.75, 3.05) is 25.0 Å². The molecule has 1 aliphatic heterocycles. The molecule has 8 nitrogen and oxygen atoms in total. The maximum absolute atomic E-state index is 12.3. The molecule has 0 bridgehead atoms. The minimum atomic E-state index is -1.09. The summed E-state index contributed by atoms with van der Waals surface area (Å²) in [5, 5.41) is 11.3. The van der Waals surface area contributed by atoms with Gasteiger partial charge in [0.2, 0.25) is 0 Å². The average molecular weight is 293 g/mol. The van der Waals surface area contributed by atoms with Crippen molar-refractivity contribution in [1.82, 2.24) is 4.90 Å². The molecule has 0 radical (unpaired) electrons. The number of hydrogen-bond acceptors (Lipinski definition) is 4. The monoisotopic (exact) mass is 293 g/mol. The van der Waals surface area contributed by atoms with Gasteiger partial charge in [0.1, 0.15) is 0 Å². The number of anilines is 1. The second-order valence-electron chi connectivity index (χ2n) is 4.52. The Morgan fingerprint density at radius 2 is 1.95 bits per heavy atom. The Bertz CT molecular complexity index is 557. The molecule has 0 spiro atoms. The maximum Gasteiger partial charge on any atom is 0.334 e. The number of nitrogens with one attached hydrogen (secondary N) is 1. The molecule has 1 unspecified atom stereocenters. The van der Waals surface area contributed by atoms with Crippen LogP contribution < -0.4 is 11.1 Å². The molecule has 3 amide bonds. The first-order chi connectivity index (χ1) is 9.97. The van der Waals surface area contributed by atoms with E-state index < -0.39 is 18.1 Å². The van der Waals surface area contributed by atoms with Gasteiger partial charge in [-0.1, -0.05) is 0 Å². The SMILES string of the molecule is NC(=O)Nc1ccc(C(=O)N2CCOC(C(=O)O)C2)cc1. The number of carbonyl (C=O) groups is 3. The molecule has 0 aromatic heterocycles. The number of carbonyl (C=O) groups excluding carboxylic acids is 2. The van der Waals surface area contributed by atoms with Crippen molar-refractivity contribution in [2.45, 2.75) is 6.10 Å². The van der Waals surface area contributed by atoms with Crippen LogP contribution in [0, 0.1) is 0 Å². The first-order valence-corrected chi connectivity index (χ1v) is 6.27. The van der Waals surface area contributed by atoms with E-state index >= 15 is 0 Å². The fourth-order valence-corrected chi connectivity index (χ4v) is 2.00. The molecule has 1 aliphatic rings. The van der Waals surface area contributed by atoms with E-state index in [-0.39, 0.29) is 19.1 Å². The standard InChI is InChI=1S/C13H15N3O5/c14-13(20)15-9-3-1-8(2-4-9)11(17)16-5-6-21-10(7-16)12(18)19/h1-4,10H,5-7H2,(H,18,19)(H3,14,15,20). The van der Waals surface area contributed by atoms with Crippen LogP contribution in [0.4, 0.5) is 10.5 Å². The molecule has 1 atom stereocenters. The van der Waals surface area contributed by atoms with Crippen LogP contribution in [0.3, 0.4) is 0 Å². The lowest BCUT2D eigenvalue weighted by molar-refractivity contribution is -0.154. The molecule has 1 saturated heterocycles. The van der Waals surface area contributed by atoms with Crippen LogP contribution >= 0.6 is 0 Å². The number of nitrogens with two attached hydrogens (primary N) is 1. The van der Waals surface area contributed by atoms with Crippen LogP contribution in [-0.4, -0.2) is 53.7 Å². The third-order valence-electron chi connectivity index (χ3n) is 3.03. The van der Waals surface area contributed by atoms with Gasteiger partial charge in [0.05, 0.1) is 13.2 Å². The molecular weight excluding hydrogens is 278 g/mol. The van der Waals surface area contributed by atoms with Crippen LogP contribution in [0.1, 0.15) is 10.4 Å². The molecule has 4 N–H and O–H groups in total. The Labute approximate surface area is 120 Å². The fraction of sp³-hybridized carbons (Fsp3) is 0.308. The van der Waals surface area contributed by atoms with Crippen molar-refractivity contribution in [3.05, 3.63) is 29.8 Å². The Balaban J connectivity index is 2.05. The summed E-state index contributed by atoms with van der Waals surface area (Å²) in [6.07, 6.45) is -1.00. The zero-order valence-corrected chi connectivity index (χ0v) is 11.1. The number of urea groups is 1. The van der Waals surface area contributed by atoms with E-state index in [9.17, 15) is 14.4 Å². The molecular formula is C13H15N3O5. The van der Waals surface area contributed by atoms with Gasteiger partial charge in [-0.2, -0.15) is 0 Å². The van der Waals surface area contributed by atoms with Gasteiger partial charge in [-0.15, -0.1) is 0 Å². The minimum absolute atomic E-state index is 0.00938. The Morgan fingerprint density at radius 3 is 2.52 bits per heavy atom. The van der Waals surface area contributed by atoms with Gasteiger partial charge in [0.25, 0.3) is 5.91 Å². The summed E-state index contributed by atoms with van der Waals surface area (Å²) in [5.74, 6) is -1.37. The van der Waals surface area contributed by atoms with Gasteiger partial charge in [-0.25, -0.2) is 9.59 Å². The first-order valence-electron chi connectivity index (χ1n) is 6.27. The highest BCUT2D eigenvalue weighted by Crippen LogP contribution is 2.14. The number of benzene rings is 1. The summed E-state index contributed by atoms with van der Waals surface area (Å²) in [4.78, 5) is 35.3. The number of rotatable bonds is 3. The third-order valence-corrected chi connectivity index (χ3v) is 3.03. The zero-order valence-electron chi connectivity index (χ0n) is 11.1. The van der Waals surface area contributed by atoms with Gasteiger partial charge in [-0.05, 0) is 24.3 Å². The number of carboxylic acids is 1. The van der Waals surface area contributed by atoms with E-state index in [0.29, 0.717) is 17.8 Å². The third kappa shape index (κ3) is 3.69. The summed E-state index contributed by atoms with van der Waals surface area (Å²) in [5.41, 5.74) is 5.86. The number of primary amides is 1. The topological polar surface area (TPSA) is 122 Å². The van der Waals surface area contributed by atoms with Crippen LogP contribution in [0.15, 0.2) is 24.3 Å². The summed E-state index contributed by atoms with van der Waals surface area (Å²) in [7, 11) is 0. The Kier molecular flexibility index (Phi) is 4.39. The highest BCUT2D eigenvalue weighted by molar-refractivity contribution is 5.95. The number of morpholine rings is 1. The smallest absolute Gasteiger partial charge is 0.334 e. The number of aliphatic carboxylic acids is 1. The molecule has 2 rings (SSSR count). The molecule has 8 heteroatoms. The molecule has 0 aliphatic carbocycles. The predicted molar refractivity (Wildman–Crippen MR) is 72.9 cm³/mol. The molecule has 1 heterocycles. The van der Waals surface area contributed by atoms with E-state index in [2.05, 4.69) is 5.32 Å². The van der Waals surface area contributed by atoms with Gasteiger partial charge < -0.3 is 25.8 Å². The summed E-state index contributed by atoms with van der Waals surface area (Å²) < 4.78 is 5.06. The van der Waals surface area contributed by atoms with Crippen molar-refractivity contribution in [3.63, 3.8) is 0 Å². The van der Waals surface area contributed by atoms with Crippen molar-refractivity contribution < 1.29 is 24.2 Å². The first kappa shape index (κ1) is 14.8. The summed E-state index contributed by atoms with van der Waals surface area (Å²) in [6.45, 7) is 0.531. The lowest BCUT2D eigenvalue weighted by atomic mass is 10.1. The normalized spacial score (nSPS) is 18.1. The van der Waals surface area contributed by atoms with Crippen LogP contribution in [0.2, 0.25) is 0 Å². The van der Waals surface area contributed by atoms with E-state index in [4.69, 9.17) is 15.6 Å². The number of ether oxygens (including phenoxy) is 1. The Hall–Kier alpha value is -2.61. The molecule has 1 aromatic rings. The highest BCUT2D eigenvalue weighted by Gasteiger charge is 2.29. The van der Waals surface area contributed by atoms with Crippen molar-refractivity contribution in [2.24, 2.45) is 5.73 Å². The van der Waals surface area contributed by atoms with Gasteiger partial charge >= 0.3 is 12.0 Å². The number of carboxylic acid groups (broad SMARTS) is 1. The van der Waals surface area contributed by atoms with E-state index in [1.54, 1.807) is 24.3 Å². The lowest BCUT2D eigenvalue weighted by Crippen LogP contribution is -2.48. The van der Waals surface area contributed by atoms with Gasteiger partial charge in [0, 0.05) is 17.8 Å². The van der Waals surface area contributed by atoms with Crippen LogP contribution in [0.25, 0.3) is 0 Å². The molecule has 21 heavy (non-hydrogen) atoms. The van der Waals surface area contributed by atoms with E-state index in [1.807, 2.05) is 0 Å². The second kappa shape index (κ2) is 6.23. The number of nitrogens with zero attached hydrogens (tertiary/aromatic N) is 1. The molecule has 112 valence electrons. The predicted octanol–water partition coefficient (Wildman–Crippen LogP) is 0.103. The van der Waals surface area contributed by atoms with Crippen LogP contribution in [-0.2, 0) is 9.53 Å². The highest BCUT2D eigenvalue weighted by atomic mass is 16.5. The maximum atomic E-state index is 12.3. The second-order valence-corrected chi connectivity index (χ2v) is 4.52. The van der Waals surface area contributed by atoms with E-state index in [1.165, 1.54) is 4.90 Å². The average Bonchev–Trinajstić information content (AvgIpc) is 2.47. The van der Waals surface area contributed by atoms with Gasteiger partial charge in [-0.3, -0.25) is 4.79 Å². The Morgan fingerprint density at radius 1 is 1.29 bits per heavy atom. The van der Waals surface area contributed by atoms with E-state index in [0.717, 1.165) is 0 Å². The summed E-state index contributed by atoms with van der Waals surface area (Å²) >= 11 is 0. The quantitative estimate of drug-likeness (QED) is 0.729. The zero-order chi connectivity index (χ0) is 15.4. The largest absolute Gasteiger partial charge is 0.479 e. The summed E-state index contributed by atoms with van der Waals surface area (Å²) in [6, 6.07) is 5.49. The van der Waals surface area contributed by atoms with Crippen LogP contribution in [0.5, 0.6) is 0 Å². The minimum Gasteiger partial charge on any atom is -0.479 e. The van der Waals surface area contributed by atoms with Crippen molar-refractivity contribution in [3.8, 4) is 0 Å². The molecule has 1 aromatic carbocycles. The fourth-order valence-electron chi connectivity index (χ4n) is 2.00. The molecule has 1 fully saturated rings. The lowest BCUT2D eigenvalue weighted by Gasteiger charge is -2.30. The van der Waals surface area contributed by atoms with Gasteiger partial charge in [0.15, 0.2) is 6.10 Å². The van der Waals surface area contributed by atoms with Crippen molar-refractivity contribution >= 4 is 23.6 Å². The molecule has 0 saturated carbocycles. The van der Waals surface area contributed by atoms with Crippen molar-refractivity contribution in [1.29, 1.82) is 0 Å².